The Labute approximate surface area is 110 Å². The molecule has 2 heterocycles. The first-order chi connectivity index (χ1) is 9.11. The predicted octanol–water partition coefficient (Wildman–Crippen LogP) is 2.34. The van der Waals surface area contributed by atoms with Crippen molar-refractivity contribution in [1.82, 2.24) is 9.97 Å². The molecule has 0 aromatic carbocycles. The molecule has 0 radical (unpaired) electrons. The molecule has 0 aliphatic rings. The molecule has 0 spiro atoms. The van der Waals surface area contributed by atoms with Crippen LogP contribution < -0.4 is 10.1 Å². The molecular weight excluding hydrogens is 246 g/mol. The maximum absolute atomic E-state index is 11.9. The van der Waals surface area contributed by atoms with Crippen molar-refractivity contribution in [2.24, 2.45) is 0 Å². The summed E-state index contributed by atoms with van der Waals surface area (Å²) in [5.41, 5.74) is 2.36. The molecule has 0 aliphatic carbocycles. The number of aryl methyl sites for hydroxylation is 2. The molecule has 2 rings (SSSR count). The molecular formula is C13H15N3O3. The Morgan fingerprint density at radius 3 is 2.58 bits per heavy atom. The Morgan fingerprint density at radius 2 is 2.05 bits per heavy atom. The molecule has 2 aromatic heterocycles. The molecule has 0 fully saturated rings. The van der Waals surface area contributed by atoms with Crippen molar-refractivity contribution < 1.29 is 13.9 Å². The van der Waals surface area contributed by atoms with Gasteiger partial charge in [0, 0.05) is 0 Å². The lowest BCUT2D eigenvalue weighted by atomic mass is 10.2. The third-order valence-corrected chi connectivity index (χ3v) is 2.55. The molecule has 0 atom stereocenters. The highest BCUT2D eigenvalue weighted by Gasteiger charge is 2.14. The van der Waals surface area contributed by atoms with E-state index in [2.05, 4.69) is 15.3 Å². The number of amides is 1. The van der Waals surface area contributed by atoms with Crippen LogP contribution in [0.5, 0.6) is 6.01 Å². The van der Waals surface area contributed by atoms with Gasteiger partial charge in [-0.25, -0.2) is 0 Å². The van der Waals surface area contributed by atoms with Crippen molar-refractivity contribution in [3.05, 3.63) is 35.5 Å². The molecule has 6 heteroatoms. The smallest absolute Gasteiger partial charge is 0.316 e. The molecule has 100 valence electrons. The fourth-order valence-corrected chi connectivity index (χ4v) is 1.64. The van der Waals surface area contributed by atoms with Crippen molar-refractivity contribution in [1.29, 1.82) is 0 Å². The van der Waals surface area contributed by atoms with Crippen molar-refractivity contribution >= 4 is 11.6 Å². The maximum Gasteiger partial charge on any atom is 0.316 e. The van der Waals surface area contributed by atoms with Crippen LogP contribution in [0.3, 0.4) is 0 Å². The fraction of sp³-hybridized carbons (Fsp3) is 0.308. The summed E-state index contributed by atoms with van der Waals surface area (Å²) in [6, 6.07) is 1.91. The minimum atomic E-state index is -0.257. The van der Waals surface area contributed by atoms with E-state index in [9.17, 15) is 4.79 Å². The van der Waals surface area contributed by atoms with Gasteiger partial charge < -0.3 is 14.5 Å². The molecule has 0 unspecified atom stereocenters. The summed E-state index contributed by atoms with van der Waals surface area (Å²) in [5.74, 6) is -0.257. The monoisotopic (exact) mass is 261 g/mol. The third-order valence-electron chi connectivity index (χ3n) is 2.55. The highest BCUT2D eigenvalue weighted by molar-refractivity contribution is 6.04. The number of aromatic nitrogens is 2. The van der Waals surface area contributed by atoms with E-state index in [4.69, 9.17) is 9.15 Å². The second kappa shape index (κ2) is 5.51. The van der Waals surface area contributed by atoms with Crippen LogP contribution in [0.25, 0.3) is 0 Å². The molecule has 0 aliphatic heterocycles. The molecule has 2 aromatic rings. The summed E-state index contributed by atoms with van der Waals surface area (Å²) in [4.78, 5) is 20.3. The average molecular weight is 261 g/mol. The number of hydrogen-bond donors (Lipinski definition) is 1. The van der Waals surface area contributed by atoms with E-state index in [0.717, 1.165) is 0 Å². The number of furan rings is 1. The van der Waals surface area contributed by atoms with E-state index >= 15 is 0 Å². The van der Waals surface area contributed by atoms with Crippen LogP contribution in [-0.2, 0) is 0 Å². The summed E-state index contributed by atoms with van der Waals surface area (Å²) < 4.78 is 10.1. The topological polar surface area (TPSA) is 77.2 Å². The summed E-state index contributed by atoms with van der Waals surface area (Å²) in [6.07, 6.45) is 2.83. The number of carbonyl (C=O) groups is 1. The molecule has 0 bridgehead atoms. The maximum atomic E-state index is 11.9. The van der Waals surface area contributed by atoms with Gasteiger partial charge in [0.2, 0.25) is 0 Å². The largest absolute Gasteiger partial charge is 0.472 e. The predicted molar refractivity (Wildman–Crippen MR) is 69.3 cm³/mol. The van der Waals surface area contributed by atoms with Gasteiger partial charge in [-0.05, 0) is 26.8 Å². The summed E-state index contributed by atoms with van der Waals surface area (Å²) >= 11 is 0. The second-order valence-corrected chi connectivity index (χ2v) is 3.95. The van der Waals surface area contributed by atoms with E-state index in [0.29, 0.717) is 35.3 Å². The lowest BCUT2D eigenvalue weighted by Gasteiger charge is -2.11. The van der Waals surface area contributed by atoms with Gasteiger partial charge in [-0.2, -0.15) is 9.97 Å². The molecule has 1 N–H and O–H groups in total. The van der Waals surface area contributed by atoms with Crippen LogP contribution in [0.4, 0.5) is 5.69 Å². The Hall–Kier alpha value is -2.37. The van der Waals surface area contributed by atoms with Crippen LogP contribution in [0.2, 0.25) is 0 Å². The van der Waals surface area contributed by atoms with Crippen molar-refractivity contribution in [3.8, 4) is 6.01 Å². The number of hydrogen-bond acceptors (Lipinski definition) is 5. The second-order valence-electron chi connectivity index (χ2n) is 3.95. The minimum absolute atomic E-state index is 0.257. The first-order valence-corrected chi connectivity index (χ1v) is 5.93. The summed E-state index contributed by atoms with van der Waals surface area (Å²) in [7, 11) is 0. The normalized spacial score (nSPS) is 10.3. The van der Waals surface area contributed by atoms with Crippen LogP contribution in [0, 0.1) is 13.8 Å². The Kier molecular flexibility index (Phi) is 3.79. The van der Waals surface area contributed by atoms with E-state index in [-0.39, 0.29) is 5.91 Å². The van der Waals surface area contributed by atoms with Gasteiger partial charge in [0.1, 0.15) is 6.26 Å². The Bertz CT molecular complexity index is 556. The van der Waals surface area contributed by atoms with Crippen LogP contribution in [0.15, 0.2) is 23.0 Å². The van der Waals surface area contributed by atoms with Gasteiger partial charge in [0.25, 0.3) is 5.91 Å². The highest BCUT2D eigenvalue weighted by Crippen LogP contribution is 2.20. The number of nitrogens with one attached hydrogen (secondary N) is 1. The van der Waals surface area contributed by atoms with Crippen LogP contribution in [-0.4, -0.2) is 22.5 Å². The van der Waals surface area contributed by atoms with Gasteiger partial charge in [-0.3, -0.25) is 4.79 Å². The highest BCUT2D eigenvalue weighted by atomic mass is 16.5. The Balaban J connectivity index is 2.23. The lowest BCUT2D eigenvalue weighted by molar-refractivity contribution is 0.102. The van der Waals surface area contributed by atoms with Crippen LogP contribution >= 0.6 is 0 Å². The number of carbonyl (C=O) groups excluding carboxylic acids is 1. The minimum Gasteiger partial charge on any atom is -0.472 e. The number of nitrogens with zero attached hydrogens (tertiary/aromatic N) is 2. The Morgan fingerprint density at radius 1 is 1.37 bits per heavy atom. The lowest BCUT2D eigenvalue weighted by Crippen LogP contribution is -2.15. The first kappa shape index (κ1) is 13.1. The van der Waals surface area contributed by atoms with E-state index < -0.39 is 0 Å². The fourth-order valence-electron chi connectivity index (χ4n) is 1.64. The van der Waals surface area contributed by atoms with Crippen molar-refractivity contribution in [3.63, 3.8) is 0 Å². The average Bonchev–Trinajstić information content (AvgIpc) is 2.88. The number of rotatable bonds is 4. The SMILES string of the molecule is CCOc1nc(C)c(NC(=O)c2ccoc2)c(C)n1. The van der Waals surface area contributed by atoms with Gasteiger partial charge in [-0.1, -0.05) is 0 Å². The number of anilines is 1. The number of ether oxygens (including phenoxy) is 1. The standard InChI is InChI=1S/C13H15N3O3/c1-4-19-13-14-8(2)11(9(3)15-13)16-12(17)10-5-6-18-7-10/h5-7H,4H2,1-3H3,(H,16,17). The molecule has 19 heavy (non-hydrogen) atoms. The van der Waals surface area contributed by atoms with E-state index in [1.54, 1.807) is 19.9 Å². The zero-order valence-electron chi connectivity index (χ0n) is 11.1. The summed E-state index contributed by atoms with van der Waals surface area (Å²) in [6.45, 7) is 5.95. The van der Waals surface area contributed by atoms with Crippen molar-refractivity contribution in [2.45, 2.75) is 20.8 Å². The summed E-state index contributed by atoms with van der Waals surface area (Å²) in [5, 5.41) is 2.77. The quantitative estimate of drug-likeness (QED) is 0.914. The van der Waals surface area contributed by atoms with Crippen molar-refractivity contribution in [2.75, 3.05) is 11.9 Å². The molecule has 0 saturated carbocycles. The molecule has 1 amide bonds. The van der Waals surface area contributed by atoms with E-state index in [1.165, 1.54) is 12.5 Å². The zero-order chi connectivity index (χ0) is 13.8. The van der Waals surface area contributed by atoms with Crippen LogP contribution in [0.1, 0.15) is 28.7 Å². The molecule has 0 saturated heterocycles. The first-order valence-electron chi connectivity index (χ1n) is 5.93. The van der Waals surface area contributed by atoms with Gasteiger partial charge in [-0.15, -0.1) is 0 Å². The van der Waals surface area contributed by atoms with Gasteiger partial charge >= 0.3 is 6.01 Å². The third kappa shape index (κ3) is 2.90. The van der Waals surface area contributed by atoms with E-state index in [1.807, 2.05) is 6.92 Å². The van der Waals surface area contributed by atoms with Gasteiger partial charge in [0.05, 0.1) is 35.5 Å². The zero-order valence-corrected chi connectivity index (χ0v) is 11.1. The van der Waals surface area contributed by atoms with Gasteiger partial charge in [0.15, 0.2) is 0 Å². The molecule has 6 nitrogen and oxygen atoms in total.